The smallest absolute Gasteiger partial charge is 0.270 e. The van der Waals surface area contributed by atoms with Crippen molar-refractivity contribution in [2.24, 2.45) is 5.41 Å². The number of halogens is 1. The summed E-state index contributed by atoms with van der Waals surface area (Å²) >= 11 is 5.37. The van der Waals surface area contributed by atoms with E-state index in [2.05, 4.69) is 40.0 Å². The molecule has 0 unspecified atom stereocenters. The van der Waals surface area contributed by atoms with Crippen molar-refractivity contribution in [3.63, 3.8) is 0 Å². The van der Waals surface area contributed by atoms with Gasteiger partial charge in [0.15, 0.2) is 5.16 Å². The predicted octanol–water partition coefficient (Wildman–Crippen LogP) is 3.66. The van der Waals surface area contributed by atoms with Gasteiger partial charge in [-0.15, -0.1) is 5.10 Å². The Bertz CT molecular complexity index is 424. The minimum Gasteiger partial charge on any atom is -0.270 e. The van der Waals surface area contributed by atoms with Crippen molar-refractivity contribution < 1.29 is 0 Å². The fourth-order valence-electron chi connectivity index (χ4n) is 2.41. The first kappa shape index (κ1) is 16.8. The third-order valence-electron chi connectivity index (χ3n) is 3.39. The van der Waals surface area contributed by atoms with Crippen LogP contribution in [0.1, 0.15) is 46.5 Å². The summed E-state index contributed by atoms with van der Waals surface area (Å²) in [5.74, 6) is 1.00. The maximum atomic E-state index is 11.5. The number of aromatic amines is 1. The second kappa shape index (κ2) is 8.15. The molecule has 0 saturated heterocycles. The van der Waals surface area contributed by atoms with Crippen molar-refractivity contribution >= 4 is 27.7 Å². The predicted molar refractivity (Wildman–Crippen MR) is 85.3 cm³/mol. The van der Waals surface area contributed by atoms with Crippen LogP contribution in [0.3, 0.4) is 0 Å². The first-order chi connectivity index (χ1) is 9.12. The molecule has 1 aromatic heterocycles. The van der Waals surface area contributed by atoms with Gasteiger partial charge >= 0.3 is 5.69 Å². The van der Waals surface area contributed by atoms with E-state index in [1.165, 1.54) is 25.7 Å². The van der Waals surface area contributed by atoms with E-state index in [9.17, 15) is 4.79 Å². The average molecular weight is 350 g/mol. The number of hydrogen-bond acceptors (Lipinski definition) is 3. The van der Waals surface area contributed by atoms with E-state index in [0.717, 1.165) is 16.2 Å². The molecule has 0 saturated carbocycles. The number of alkyl halides is 1. The fraction of sp³-hybridized carbons (Fsp3) is 0.846. The summed E-state index contributed by atoms with van der Waals surface area (Å²) in [5, 5.41) is 8.47. The van der Waals surface area contributed by atoms with Crippen LogP contribution in [-0.4, -0.2) is 25.8 Å². The monoisotopic (exact) mass is 349 g/mol. The molecule has 0 aromatic carbocycles. The molecule has 1 N–H and O–H groups in total. The molecule has 1 heterocycles. The van der Waals surface area contributed by atoms with Crippen molar-refractivity contribution in [3.8, 4) is 0 Å². The molecule has 4 nitrogen and oxygen atoms in total. The first-order valence-electron chi connectivity index (χ1n) is 6.96. The van der Waals surface area contributed by atoms with Crippen LogP contribution >= 0.6 is 27.7 Å². The zero-order valence-corrected chi connectivity index (χ0v) is 14.4. The molecule has 1 rings (SSSR count). The average Bonchev–Trinajstić information content (AvgIpc) is 2.77. The fourth-order valence-corrected chi connectivity index (χ4v) is 4.74. The minimum atomic E-state index is -0.111. The zero-order chi connectivity index (χ0) is 14.3. The third kappa shape index (κ3) is 4.38. The molecule has 19 heavy (non-hydrogen) atoms. The number of aromatic nitrogens is 3. The molecule has 110 valence electrons. The first-order valence-corrected chi connectivity index (χ1v) is 9.07. The largest absolute Gasteiger partial charge is 0.343 e. The van der Waals surface area contributed by atoms with Gasteiger partial charge in [-0.2, -0.15) is 0 Å². The highest BCUT2D eigenvalue weighted by Crippen LogP contribution is 2.37. The topological polar surface area (TPSA) is 50.7 Å². The summed E-state index contributed by atoms with van der Waals surface area (Å²) < 4.78 is 1.70. The zero-order valence-electron chi connectivity index (χ0n) is 12.0. The number of rotatable bonds is 9. The number of nitrogens with one attached hydrogen (secondary N) is 1. The lowest BCUT2D eigenvalue weighted by Crippen LogP contribution is -2.26. The molecule has 0 aliphatic carbocycles. The Balaban J connectivity index is 2.77. The van der Waals surface area contributed by atoms with Gasteiger partial charge < -0.3 is 0 Å². The van der Waals surface area contributed by atoms with Gasteiger partial charge in [-0.1, -0.05) is 54.4 Å². The van der Waals surface area contributed by atoms with Crippen LogP contribution in [-0.2, 0) is 6.54 Å². The van der Waals surface area contributed by atoms with Crippen LogP contribution in [0, 0.1) is 5.41 Å². The molecule has 0 fully saturated rings. The number of hydrogen-bond donors (Lipinski definition) is 1. The van der Waals surface area contributed by atoms with Crippen molar-refractivity contribution in [1.82, 2.24) is 14.8 Å². The van der Waals surface area contributed by atoms with E-state index in [1.807, 2.05) is 6.92 Å². The maximum absolute atomic E-state index is 11.5. The van der Waals surface area contributed by atoms with Gasteiger partial charge in [0.05, 0.1) is 0 Å². The van der Waals surface area contributed by atoms with E-state index < -0.39 is 0 Å². The summed E-state index contributed by atoms with van der Waals surface area (Å²) in [4.78, 5) is 11.5. The lowest BCUT2D eigenvalue weighted by atomic mass is 9.83. The highest BCUT2D eigenvalue weighted by molar-refractivity contribution is 9.09. The van der Waals surface area contributed by atoms with Crippen LogP contribution in [0.25, 0.3) is 0 Å². The molecule has 0 amide bonds. The Morgan fingerprint density at radius 3 is 2.42 bits per heavy atom. The summed E-state index contributed by atoms with van der Waals surface area (Å²) in [6, 6.07) is 0. The van der Waals surface area contributed by atoms with E-state index >= 15 is 0 Å². The van der Waals surface area contributed by atoms with Crippen LogP contribution in [0.2, 0.25) is 0 Å². The second-order valence-electron chi connectivity index (χ2n) is 4.98. The van der Waals surface area contributed by atoms with Gasteiger partial charge in [-0.25, -0.2) is 9.89 Å². The van der Waals surface area contributed by atoms with Gasteiger partial charge in [-0.05, 0) is 25.2 Å². The van der Waals surface area contributed by atoms with Crippen molar-refractivity contribution in [3.05, 3.63) is 10.5 Å². The molecular weight excluding hydrogens is 326 g/mol. The molecule has 0 aliphatic heterocycles. The van der Waals surface area contributed by atoms with Crippen LogP contribution in [0.4, 0.5) is 0 Å². The van der Waals surface area contributed by atoms with Gasteiger partial charge in [-0.3, -0.25) is 4.57 Å². The van der Waals surface area contributed by atoms with Gasteiger partial charge in [0.1, 0.15) is 0 Å². The van der Waals surface area contributed by atoms with Gasteiger partial charge in [0.2, 0.25) is 0 Å². The molecular formula is C13H24BrN3OS. The summed E-state index contributed by atoms with van der Waals surface area (Å²) in [5.41, 5.74) is 0.197. The Kier molecular flexibility index (Phi) is 7.21. The van der Waals surface area contributed by atoms with Gasteiger partial charge in [0, 0.05) is 17.6 Å². The SMILES string of the molecule is CCCC(CBr)(CCC)CSc1n[nH]c(=O)n1CC. The second-order valence-corrected chi connectivity index (χ2v) is 6.48. The summed E-state index contributed by atoms with van der Waals surface area (Å²) in [7, 11) is 0. The Hall–Kier alpha value is -0.230. The van der Waals surface area contributed by atoms with E-state index in [4.69, 9.17) is 0 Å². The van der Waals surface area contributed by atoms with Crippen LogP contribution < -0.4 is 5.69 Å². The van der Waals surface area contributed by atoms with Crippen molar-refractivity contribution in [1.29, 1.82) is 0 Å². The molecule has 6 heteroatoms. The number of thioether (sulfide) groups is 1. The minimum absolute atomic E-state index is 0.111. The Morgan fingerprint density at radius 2 is 1.95 bits per heavy atom. The molecule has 0 radical (unpaired) electrons. The molecule has 0 atom stereocenters. The normalized spacial score (nSPS) is 12.0. The molecule has 0 bridgehead atoms. The standard InChI is InChI=1S/C13H24BrN3OS/c1-4-7-13(9-14,8-5-2)10-19-12-16-15-11(18)17(12)6-3/h4-10H2,1-3H3,(H,15,18). The molecule has 1 aromatic rings. The van der Waals surface area contributed by atoms with Crippen LogP contribution in [0.5, 0.6) is 0 Å². The Labute approximate surface area is 127 Å². The van der Waals surface area contributed by atoms with E-state index in [-0.39, 0.29) is 5.69 Å². The van der Waals surface area contributed by atoms with E-state index in [1.54, 1.807) is 16.3 Å². The lowest BCUT2D eigenvalue weighted by molar-refractivity contribution is 0.319. The van der Waals surface area contributed by atoms with Crippen molar-refractivity contribution in [2.75, 3.05) is 11.1 Å². The Morgan fingerprint density at radius 1 is 1.32 bits per heavy atom. The summed E-state index contributed by atoms with van der Waals surface area (Å²) in [6.45, 7) is 7.10. The third-order valence-corrected chi connectivity index (χ3v) is 5.91. The van der Waals surface area contributed by atoms with Crippen LogP contribution in [0.15, 0.2) is 9.95 Å². The quantitative estimate of drug-likeness (QED) is 0.546. The lowest BCUT2D eigenvalue weighted by Gasteiger charge is -2.31. The summed E-state index contributed by atoms with van der Waals surface area (Å²) in [6.07, 6.45) is 4.79. The highest BCUT2D eigenvalue weighted by Gasteiger charge is 2.28. The van der Waals surface area contributed by atoms with Crippen molar-refractivity contribution in [2.45, 2.75) is 58.2 Å². The number of nitrogens with zero attached hydrogens (tertiary/aromatic N) is 2. The highest BCUT2D eigenvalue weighted by atomic mass is 79.9. The maximum Gasteiger partial charge on any atom is 0.343 e. The number of H-pyrrole nitrogens is 1. The molecule has 0 spiro atoms. The molecule has 0 aliphatic rings. The van der Waals surface area contributed by atoms with E-state index in [0.29, 0.717) is 12.0 Å². The van der Waals surface area contributed by atoms with Gasteiger partial charge in [0.25, 0.3) is 0 Å².